The van der Waals surface area contributed by atoms with Gasteiger partial charge in [-0.1, -0.05) is 54.6 Å². The molecule has 6 nitrogen and oxygen atoms in total. The van der Waals surface area contributed by atoms with Crippen molar-refractivity contribution in [3.63, 3.8) is 0 Å². The largest absolute Gasteiger partial charge is 0.461 e. The number of carbonyl (C=O) groups is 1. The normalized spacial score (nSPS) is 13.1. The van der Waals surface area contributed by atoms with E-state index in [1.54, 1.807) is 18.2 Å². The summed E-state index contributed by atoms with van der Waals surface area (Å²) in [5.74, 6) is -0.670. The first-order chi connectivity index (χ1) is 15.1. The Bertz CT molecular complexity index is 1110. The van der Waals surface area contributed by atoms with E-state index >= 15 is 0 Å². The Morgan fingerprint density at radius 1 is 0.968 bits per heavy atom. The van der Waals surface area contributed by atoms with Crippen LogP contribution in [0.1, 0.15) is 29.5 Å². The number of hydrogen-bond donors (Lipinski definition) is 2. The summed E-state index contributed by atoms with van der Waals surface area (Å²) >= 11 is 0. The molecule has 0 fully saturated rings. The number of esters is 1. The van der Waals surface area contributed by atoms with Crippen molar-refractivity contribution in [3.8, 4) is 0 Å². The molecule has 1 heterocycles. The number of fused-ring (bicyclic) bond motifs is 1. The zero-order chi connectivity index (χ0) is 21.6. The monoisotopic (exact) mass is 416 g/mol. The Morgan fingerprint density at radius 3 is 2.42 bits per heavy atom. The minimum atomic E-state index is -1.06. The van der Waals surface area contributed by atoms with Crippen molar-refractivity contribution in [3.05, 3.63) is 95.9 Å². The van der Waals surface area contributed by atoms with Crippen molar-refractivity contribution in [2.75, 3.05) is 5.73 Å². The number of nitrogens with two attached hydrogens (primary N) is 1. The van der Waals surface area contributed by atoms with Crippen LogP contribution in [0.25, 0.3) is 11.1 Å². The lowest BCUT2D eigenvalue weighted by atomic mass is 9.90. The van der Waals surface area contributed by atoms with Crippen molar-refractivity contribution >= 4 is 22.8 Å². The van der Waals surface area contributed by atoms with Crippen LogP contribution in [0.3, 0.4) is 0 Å². The van der Waals surface area contributed by atoms with Gasteiger partial charge in [0.05, 0.1) is 6.42 Å². The Balaban J connectivity index is 1.51. The van der Waals surface area contributed by atoms with Gasteiger partial charge in [0.1, 0.15) is 18.2 Å². The molecule has 3 aromatic carbocycles. The van der Waals surface area contributed by atoms with Crippen molar-refractivity contribution in [2.24, 2.45) is 5.92 Å². The molecule has 158 valence electrons. The van der Waals surface area contributed by atoms with E-state index in [9.17, 15) is 9.90 Å². The van der Waals surface area contributed by atoms with Gasteiger partial charge in [0.15, 0.2) is 5.58 Å². The number of anilines is 1. The zero-order valence-corrected chi connectivity index (χ0v) is 17.0. The number of para-hydroxylation sites is 2. The molecule has 0 aliphatic rings. The summed E-state index contributed by atoms with van der Waals surface area (Å²) in [6, 6.07) is 24.2. The number of benzene rings is 3. The van der Waals surface area contributed by atoms with E-state index in [4.69, 9.17) is 14.9 Å². The number of aliphatic hydroxyl groups is 1. The molecule has 0 spiro atoms. The van der Waals surface area contributed by atoms with Gasteiger partial charge >= 0.3 is 5.97 Å². The predicted octanol–water partition coefficient (Wildman–Crippen LogP) is 4.44. The van der Waals surface area contributed by atoms with E-state index in [1.165, 1.54) is 0 Å². The number of rotatable bonds is 8. The van der Waals surface area contributed by atoms with Gasteiger partial charge in [0, 0.05) is 11.6 Å². The van der Waals surface area contributed by atoms with Crippen LogP contribution in [0.5, 0.6) is 0 Å². The number of nitrogen functional groups attached to an aromatic ring is 1. The average molecular weight is 416 g/mol. The zero-order valence-electron chi connectivity index (χ0n) is 17.0. The molecule has 0 bridgehead atoms. The van der Waals surface area contributed by atoms with E-state index in [1.807, 2.05) is 60.7 Å². The predicted molar refractivity (Wildman–Crippen MR) is 118 cm³/mol. The van der Waals surface area contributed by atoms with Gasteiger partial charge in [-0.05, 0) is 41.8 Å². The van der Waals surface area contributed by atoms with E-state index < -0.39 is 12.0 Å². The number of aliphatic hydroxyl groups excluding tert-OH is 1. The number of ether oxygens (including phenoxy) is 1. The summed E-state index contributed by atoms with van der Waals surface area (Å²) in [5.41, 5.74) is 9.54. The highest BCUT2D eigenvalue weighted by molar-refractivity contribution is 5.72. The fourth-order valence-corrected chi connectivity index (χ4v) is 3.48. The van der Waals surface area contributed by atoms with E-state index in [2.05, 4.69) is 4.98 Å². The lowest BCUT2D eigenvalue weighted by Crippen LogP contribution is -2.21. The molecule has 31 heavy (non-hydrogen) atoms. The van der Waals surface area contributed by atoms with Crippen LogP contribution < -0.4 is 5.73 Å². The van der Waals surface area contributed by atoms with E-state index in [-0.39, 0.29) is 24.9 Å². The molecule has 4 rings (SSSR count). The van der Waals surface area contributed by atoms with Crippen LogP contribution in [0.2, 0.25) is 0 Å². The van der Waals surface area contributed by atoms with Crippen molar-refractivity contribution in [2.45, 2.75) is 25.6 Å². The molecule has 3 N–H and O–H groups in total. The Labute approximate surface area is 180 Å². The van der Waals surface area contributed by atoms with Gasteiger partial charge in [-0.25, -0.2) is 4.98 Å². The highest BCUT2D eigenvalue weighted by Gasteiger charge is 2.29. The number of carbonyl (C=O) groups excluding carboxylic acids is 1. The van der Waals surface area contributed by atoms with Crippen LogP contribution in [-0.2, 0) is 22.6 Å². The smallest absolute Gasteiger partial charge is 0.306 e. The van der Waals surface area contributed by atoms with Gasteiger partial charge in [0.2, 0.25) is 5.89 Å². The Kier molecular flexibility index (Phi) is 6.29. The second kappa shape index (κ2) is 9.45. The van der Waals surface area contributed by atoms with Gasteiger partial charge < -0.3 is 20.0 Å². The topological polar surface area (TPSA) is 98.6 Å². The molecule has 2 atom stereocenters. The molecule has 0 saturated carbocycles. The lowest BCUT2D eigenvalue weighted by Gasteiger charge is -2.20. The van der Waals surface area contributed by atoms with Crippen LogP contribution in [0.15, 0.2) is 83.3 Å². The SMILES string of the molecule is Nc1ccc(C[C@H](CC(=O)OCc2ccccc2)C(O)c2nc3ccccc3o2)cc1. The summed E-state index contributed by atoms with van der Waals surface area (Å²) in [7, 11) is 0. The van der Waals surface area contributed by atoms with Gasteiger partial charge in [-0.15, -0.1) is 0 Å². The number of hydrogen-bond acceptors (Lipinski definition) is 6. The second-order valence-corrected chi connectivity index (χ2v) is 7.52. The van der Waals surface area contributed by atoms with Crippen molar-refractivity contribution in [1.82, 2.24) is 4.98 Å². The third-order valence-corrected chi connectivity index (χ3v) is 5.16. The molecule has 4 aromatic rings. The summed E-state index contributed by atoms with van der Waals surface area (Å²) < 4.78 is 11.2. The van der Waals surface area contributed by atoms with E-state index in [0.29, 0.717) is 23.2 Å². The fraction of sp³-hybridized carbons (Fsp3) is 0.200. The fourth-order valence-electron chi connectivity index (χ4n) is 3.48. The molecule has 0 saturated heterocycles. The number of nitrogens with zero attached hydrogens (tertiary/aromatic N) is 1. The molecule has 0 aliphatic carbocycles. The maximum atomic E-state index is 12.6. The number of oxazole rings is 1. The minimum Gasteiger partial charge on any atom is -0.461 e. The average Bonchev–Trinajstić information content (AvgIpc) is 3.23. The van der Waals surface area contributed by atoms with Gasteiger partial charge in [0.25, 0.3) is 0 Å². The highest BCUT2D eigenvalue weighted by Crippen LogP contribution is 2.30. The Morgan fingerprint density at radius 2 is 1.68 bits per heavy atom. The highest BCUT2D eigenvalue weighted by atomic mass is 16.5. The van der Waals surface area contributed by atoms with E-state index in [0.717, 1.165) is 11.1 Å². The molecular formula is C25H24N2O4. The van der Waals surface area contributed by atoms with Gasteiger partial charge in [-0.3, -0.25) is 4.79 Å². The van der Waals surface area contributed by atoms with Crippen LogP contribution in [0.4, 0.5) is 5.69 Å². The van der Waals surface area contributed by atoms with Crippen molar-refractivity contribution in [1.29, 1.82) is 0 Å². The van der Waals surface area contributed by atoms with Crippen molar-refractivity contribution < 1.29 is 19.1 Å². The van der Waals surface area contributed by atoms with Crippen LogP contribution in [0, 0.1) is 5.92 Å². The first-order valence-electron chi connectivity index (χ1n) is 10.2. The summed E-state index contributed by atoms with van der Waals surface area (Å²) in [6.45, 7) is 0.188. The first kappa shape index (κ1) is 20.6. The molecule has 6 heteroatoms. The molecule has 0 amide bonds. The quantitative estimate of drug-likeness (QED) is 0.326. The minimum absolute atomic E-state index is 0.0249. The molecule has 1 aromatic heterocycles. The maximum Gasteiger partial charge on any atom is 0.306 e. The van der Waals surface area contributed by atoms with Gasteiger partial charge in [-0.2, -0.15) is 0 Å². The summed E-state index contributed by atoms with van der Waals surface area (Å²) in [6.07, 6.45) is -0.591. The van der Waals surface area contributed by atoms with Crippen LogP contribution in [-0.4, -0.2) is 16.1 Å². The molecular weight excluding hydrogens is 392 g/mol. The molecule has 1 unspecified atom stereocenters. The third kappa shape index (κ3) is 5.29. The standard InChI is InChI=1S/C25H24N2O4/c26-20-12-10-17(11-13-20)14-19(15-23(28)30-16-18-6-2-1-3-7-18)24(29)25-27-21-8-4-5-9-22(21)31-25/h1-13,19,24,29H,14-16,26H2/t19-,24?/m1/s1. The number of aromatic nitrogens is 1. The second-order valence-electron chi connectivity index (χ2n) is 7.52. The first-order valence-corrected chi connectivity index (χ1v) is 10.2. The lowest BCUT2D eigenvalue weighted by molar-refractivity contribution is -0.147. The molecule has 0 aliphatic heterocycles. The molecule has 0 radical (unpaired) electrons. The third-order valence-electron chi connectivity index (χ3n) is 5.16. The summed E-state index contributed by atoms with van der Waals surface area (Å²) in [5, 5.41) is 11.0. The Hall–Kier alpha value is -3.64. The summed E-state index contributed by atoms with van der Waals surface area (Å²) in [4.78, 5) is 17.0. The van der Waals surface area contributed by atoms with Crippen LogP contribution >= 0.6 is 0 Å². The maximum absolute atomic E-state index is 12.6.